The van der Waals surface area contributed by atoms with E-state index in [9.17, 15) is 19.2 Å². The summed E-state index contributed by atoms with van der Waals surface area (Å²) in [5, 5.41) is 5.99. The maximum absolute atomic E-state index is 12.9. The summed E-state index contributed by atoms with van der Waals surface area (Å²) in [5.74, 6) is -4.06. The smallest absolute Gasteiger partial charge is 0.310 e. The number of benzene rings is 2. The Bertz CT molecular complexity index is 1270. The summed E-state index contributed by atoms with van der Waals surface area (Å²) in [4.78, 5) is 50.1. The highest BCUT2D eigenvalue weighted by Crippen LogP contribution is 2.48. The first-order chi connectivity index (χ1) is 16.4. The molecule has 1 aliphatic carbocycles. The van der Waals surface area contributed by atoms with E-state index in [0.717, 1.165) is 0 Å². The molecule has 1 saturated carbocycles. The number of nitrogens with zero attached hydrogens (tertiary/aromatic N) is 1. The highest BCUT2D eigenvalue weighted by atomic mass is 35.5. The normalized spacial score (nSPS) is 18.6. The number of hydrogen-bond donors (Lipinski definition) is 2. The SMILES string of the molecule is CCOC(=O)[C@H]1[C@H](C(=O)Nc2ccc(Cl)cc2)[C@@H]1C(=O)Nc1ccc(-n2ccccc2=O)cc1. The van der Waals surface area contributed by atoms with E-state index in [1.807, 2.05) is 0 Å². The van der Waals surface area contributed by atoms with E-state index in [-0.39, 0.29) is 12.2 Å². The van der Waals surface area contributed by atoms with Gasteiger partial charge in [0, 0.05) is 34.3 Å². The third-order valence-electron chi connectivity index (χ3n) is 5.53. The maximum atomic E-state index is 12.9. The second-order valence-corrected chi connectivity index (χ2v) is 8.21. The maximum Gasteiger partial charge on any atom is 0.310 e. The Morgan fingerprint density at radius 3 is 1.94 bits per heavy atom. The molecule has 0 aliphatic heterocycles. The number of aromatic nitrogens is 1. The molecule has 3 atom stereocenters. The topological polar surface area (TPSA) is 106 Å². The lowest BCUT2D eigenvalue weighted by atomic mass is 10.2. The van der Waals surface area contributed by atoms with Crippen molar-refractivity contribution < 1.29 is 19.1 Å². The van der Waals surface area contributed by atoms with Crippen molar-refractivity contribution >= 4 is 40.8 Å². The van der Waals surface area contributed by atoms with Gasteiger partial charge < -0.3 is 15.4 Å². The second-order valence-electron chi connectivity index (χ2n) is 7.77. The molecule has 34 heavy (non-hydrogen) atoms. The van der Waals surface area contributed by atoms with Crippen LogP contribution in [0, 0.1) is 17.8 Å². The first kappa shape index (κ1) is 23.3. The average Bonchev–Trinajstić information content (AvgIpc) is 3.58. The molecular weight excluding hydrogens is 458 g/mol. The van der Waals surface area contributed by atoms with E-state index >= 15 is 0 Å². The Hall–Kier alpha value is -3.91. The van der Waals surface area contributed by atoms with Gasteiger partial charge >= 0.3 is 5.97 Å². The van der Waals surface area contributed by atoms with Gasteiger partial charge in [-0.05, 0) is 61.5 Å². The van der Waals surface area contributed by atoms with Crippen LogP contribution < -0.4 is 16.2 Å². The summed E-state index contributed by atoms with van der Waals surface area (Å²) in [7, 11) is 0. The molecule has 0 radical (unpaired) electrons. The van der Waals surface area contributed by atoms with E-state index in [2.05, 4.69) is 10.6 Å². The predicted molar refractivity (Wildman–Crippen MR) is 128 cm³/mol. The summed E-state index contributed by atoms with van der Waals surface area (Å²) in [5.41, 5.74) is 1.45. The largest absolute Gasteiger partial charge is 0.466 e. The highest BCUT2D eigenvalue weighted by molar-refractivity contribution is 6.30. The molecule has 2 aromatic carbocycles. The van der Waals surface area contributed by atoms with Crippen molar-refractivity contribution in [2.45, 2.75) is 6.92 Å². The Kier molecular flexibility index (Phi) is 6.79. The molecular formula is C25H22ClN3O5. The van der Waals surface area contributed by atoms with Gasteiger partial charge in [0.05, 0.1) is 24.4 Å². The van der Waals surface area contributed by atoms with Crippen LogP contribution in [0.1, 0.15) is 6.92 Å². The summed E-state index contributed by atoms with van der Waals surface area (Å²) in [6, 6.07) is 18.1. The molecule has 8 nitrogen and oxygen atoms in total. The molecule has 0 saturated heterocycles. The molecule has 2 amide bonds. The first-order valence-electron chi connectivity index (χ1n) is 10.7. The fourth-order valence-corrected chi connectivity index (χ4v) is 3.95. The van der Waals surface area contributed by atoms with Crippen LogP contribution in [0.3, 0.4) is 0 Å². The number of hydrogen-bond acceptors (Lipinski definition) is 5. The molecule has 0 unspecified atom stereocenters. The van der Waals surface area contributed by atoms with Gasteiger partial charge in [0.2, 0.25) is 11.8 Å². The van der Waals surface area contributed by atoms with E-state index < -0.39 is 35.5 Å². The Balaban J connectivity index is 1.47. The monoisotopic (exact) mass is 479 g/mol. The lowest BCUT2D eigenvalue weighted by Crippen LogP contribution is -2.20. The van der Waals surface area contributed by atoms with Crippen LogP contribution in [0.4, 0.5) is 11.4 Å². The molecule has 9 heteroatoms. The van der Waals surface area contributed by atoms with Crippen LogP contribution in [0.15, 0.2) is 77.7 Å². The predicted octanol–water partition coefficient (Wildman–Crippen LogP) is 3.49. The minimum atomic E-state index is -0.866. The van der Waals surface area contributed by atoms with E-state index in [0.29, 0.717) is 22.1 Å². The van der Waals surface area contributed by atoms with E-state index in [1.165, 1.54) is 10.6 Å². The molecule has 1 fully saturated rings. The molecule has 2 N–H and O–H groups in total. The second kappa shape index (κ2) is 9.93. The summed E-state index contributed by atoms with van der Waals surface area (Å²) >= 11 is 5.87. The van der Waals surface area contributed by atoms with Crippen LogP contribution in [0.2, 0.25) is 5.02 Å². The van der Waals surface area contributed by atoms with Crippen LogP contribution in [-0.4, -0.2) is 29.0 Å². The number of halogens is 1. The van der Waals surface area contributed by atoms with Crippen molar-refractivity contribution in [2.75, 3.05) is 17.2 Å². The van der Waals surface area contributed by atoms with Gasteiger partial charge in [-0.25, -0.2) is 0 Å². The fourth-order valence-electron chi connectivity index (χ4n) is 3.83. The van der Waals surface area contributed by atoms with Gasteiger partial charge in [-0.15, -0.1) is 0 Å². The van der Waals surface area contributed by atoms with Gasteiger partial charge in [0.25, 0.3) is 5.56 Å². The Labute approximate surface area is 200 Å². The van der Waals surface area contributed by atoms with Crippen molar-refractivity contribution in [3.8, 4) is 5.69 Å². The number of anilines is 2. The Morgan fingerprint density at radius 2 is 1.41 bits per heavy atom. The van der Waals surface area contributed by atoms with Crippen LogP contribution in [0.25, 0.3) is 5.69 Å². The third kappa shape index (κ3) is 5.02. The van der Waals surface area contributed by atoms with E-state index in [1.54, 1.807) is 73.8 Å². The number of pyridine rings is 1. The van der Waals surface area contributed by atoms with Gasteiger partial charge in [0.15, 0.2) is 0 Å². The van der Waals surface area contributed by atoms with Crippen molar-refractivity contribution in [2.24, 2.45) is 17.8 Å². The lowest BCUT2D eigenvalue weighted by Gasteiger charge is -2.08. The number of carbonyl (C=O) groups is 3. The molecule has 1 aliphatic rings. The quantitative estimate of drug-likeness (QED) is 0.504. The molecule has 1 heterocycles. The van der Waals surface area contributed by atoms with Crippen molar-refractivity contribution in [3.63, 3.8) is 0 Å². The van der Waals surface area contributed by atoms with Crippen molar-refractivity contribution in [1.82, 2.24) is 4.57 Å². The van der Waals surface area contributed by atoms with Crippen LogP contribution in [-0.2, 0) is 19.1 Å². The fraction of sp³-hybridized carbons (Fsp3) is 0.200. The average molecular weight is 480 g/mol. The first-order valence-corrected chi connectivity index (χ1v) is 11.1. The Morgan fingerprint density at radius 1 is 0.853 bits per heavy atom. The van der Waals surface area contributed by atoms with Crippen LogP contribution >= 0.6 is 11.6 Å². The van der Waals surface area contributed by atoms with Gasteiger partial charge in [-0.2, -0.15) is 0 Å². The van der Waals surface area contributed by atoms with Gasteiger partial charge in [0.1, 0.15) is 0 Å². The molecule has 0 spiro atoms. The molecule has 0 bridgehead atoms. The zero-order valence-corrected chi connectivity index (χ0v) is 19.0. The zero-order valence-electron chi connectivity index (χ0n) is 18.2. The molecule has 1 aromatic heterocycles. The van der Waals surface area contributed by atoms with Crippen LogP contribution in [0.5, 0.6) is 0 Å². The van der Waals surface area contributed by atoms with E-state index in [4.69, 9.17) is 16.3 Å². The number of nitrogens with one attached hydrogen (secondary N) is 2. The number of amides is 2. The number of carbonyl (C=O) groups excluding carboxylic acids is 3. The minimum Gasteiger partial charge on any atom is -0.466 e. The highest BCUT2D eigenvalue weighted by Gasteiger charge is 2.63. The summed E-state index contributed by atoms with van der Waals surface area (Å²) in [6.07, 6.45) is 1.65. The molecule has 174 valence electrons. The number of esters is 1. The van der Waals surface area contributed by atoms with Crippen molar-refractivity contribution in [1.29, 1.82) is 0 Å². The number of ether oxygens (including phenoxy) is 1. The summed E-state index contributed by atoms with van der Waals surface area (Å²) < 4.78 is 6.54. The third-order valence-corrected chi connectivity index (χ3v) is 5.78. The van der Waals surface area contributed by atoms with Gasteiger partial charge in [-0.1, -0.05) is 17.7 Å². The summed E-state index contributed by atoms with van der Waals surface area (Å²) in [6.45, 7) is 1.81. The lowest BCUT2D eigenvalue weighted by molar-refractivity contribution is -0.146. The van der Waals surface area contributed by atoms with Crippen molar-refractivity contribution in [3.05, 3.63) is 88.3 Å². The minimum absolute atomic E-state index is 0.148. The van der Waals surface area contributed by atoms with Gasteiger partial charge in [-0.3, -0.25) is 23.7 Å². The standard InChI is InChI=1S/C25H22ClN3O5/c1-2-34-25(33)22-20(23(31)27-16-8-6-15(26)7-9-16)21(22)24(32)28-17-10-12-18(13-11-17)29-14-4-3-5-19(29)30/h3-14,20-22H,2H2,1H3,(H,27,31)(H,28,32)/t20-,21+,22+/m1/s1. The molecule has 4 rings (SSSR count). The molecule has 3 aromatic rings. The number of rotatable bonds is 7. The zero-order chi connectivity index (χ0) is 24.2.